The van der Waals surface area contributed by atoms with Gasteiger partial charge in [0.2, 0.25) is 0 Å². The van der Waals surface area contributed by atoms with Gasteiger partial charge in [0.1, 0.15) is 0 Å². The van der Waals surface area contributed by atoms with Gasteiger partial charge >= 0.3 is 0 Å². The van der Waals surface area contributed by atoms with Crippen LogP contribution in [0.5, 0.6) is 0 Å². The lowest BCUT2D eigenvalue weighted by Crippen LogP contribution is -2.62. The Morgan fingerprint density at radius 2 is 0.885 bits per heavy atom. The molecule has 0 amide bonds. The van der Waals surface area contributed by atoms with Crippen molar-refractivity contribution in [3.8, 4) is 0 Å². The van der Waals surface area contributed by atoms with Gasteiger partial charge in [-0.25, -0.2) is 0 Å². The Balaban J connectivity index is 1.67. The molecule has 26 heavy (non-hydrogen) atoms. The van der Waals surface area contributed by atoms with E-state index in [0.717, 1.165) is 0 Å². The number of halogens is 2. The molecule has 0 nitrogen and oxygen atoms in total. The summed E-state index contributed by atoms with van der Waals surface area (Å²) in [5.41, 5.74) is 4.90. The van der Waals surface area contributed by atoms with Crippen LogP contribution in [0.3, 0.4) is 0 Å². The van der Waals surface area contributed by atoms with Crippen LogP contribution in [0, 0.1) is 18.0 Å². The molecule has 0 spiro atoms. The molecule has 0 N–H and O–H groups in total. The first-order valence-electron chi connectivity index (χ1n) is 9.76. The molecule has 0 atom stereocenters. The van der Waals surface area contributed by atoms with Crippen LogP contribution < -0.4 is 0 Å². The summed E-state index contributed by atoms with van der Waals surface area (Å²) < 4.78 is 2.70. The van der Waals surface area contributed by atoms with Gasteiger partial charge in [0.25, 0.3) is 0 Å². The summed E-state index contributed by atoms with van der Waals surface area (Å²) in [5.74, 6) is 0. The molecule has 6 rings (SSSR count). The van der Waals surface area contributed by atoms with Crippen LogP contribution >= 0.6 is 45.2 Å². The lowest BCUT2D eigenvalue weighted by atomic mass is 9.34. The summed E-state index contributed by atoms with van der Waals surface area (Å²) in [6.07, 6.45) is 8.26. The van der Waals surface area contributed by atoms with Crippen LogP contribution in [-0.2, 0) is 10.8 Å². The highest BCUT2D eigenvalue weighted by atomic mass is 127. The maximum absolute atomic E-state index is 2.59. The Morgan fingerprint density at radius 3 is 1.23 bits per heavy atom. The van der Waals surface area contributed by atoms with Gasteiger partial charge in [-0.15, -0.1) is 0 Å². The molecule has 4 bridgehead atoms. The predicted molar refractivity (Wildman–Crippen MR) is 126 cm³/mol. The fourth-order valence-corrected chi connectivity index (χ4v) is 8.63. The largest absolute Gasteiger partial charge is 0.0596 e. The quantitative estimate of drug-likeness (QED) is 0.330. The molecule has 0 unspecified atom stereocenters. The summed E-state index contributed by atoms with van der Waals surface area (Å²) in [4.78, 5) is 0. The summed E-state index contributed by atoms with van der Waals surface area (Å²) in [6.45, 7) is 5.18. The van der Waals surface area contributed by atoms with Crippen molar-refractivity contribution in [2.75, 3.05) is 0 Å². The first-order chi connectivity index (χ1) is 12.2. The van der Waals surface area contributed by atoms with Crippen molar-refractivity contribution in [3.05, 3.63) is 66.8 Å². The molecule has 0 aromatic heterocycles. The summed E-state index contributed by atoms with van der Waals surface area (Å²) >= 11 is 4.87. The fourth-order valence-electron chi connectivity index (χ4n) is 7.92. The summed E-state index contributed by atoms with van der Waals surface area (Å²) in [5, 5.41) is 0. The van der Waals surface area contributed by atoms with Crippen molar-refractivity contribution in [2.24, 2.45) is 10.8 Å². The molecule has 2 heteroatoms. The Hall–Kier alpha value is -0.100. The third-order valence-corrected chi connectivity index (χ3v) is 8.94. The highest BCUT2D eigenvalue weighted by molar-refractivity contribution is 14.1. The maximum atomic E-state index is 2.59. The minimum Gasteiger partial charge on any atom is -0.0596 e. The zero-order chi connectivity index (χ0) is 18.2. The van der Waals surface area contributed by atoms with Crippen LogP contribution in [0.4, 0.5) is 0 Å². The van der Waals surface area contributed by atoms with E-state index < -0.39 is 0 Å². The molecular weight excluding hydrogens is 542 g/mol. The normalized spacial score (nSPS) is 40.8. The predicted octanol–water partition coefficient (Wildman–Crippen LogP) is 7.47. The van der Waals surface area contributed by atoms with Gasteiger partial charge < -0.3 is 0 Å². The molecule has 136 valence electrons. The number of rotatable bonds is 2. The minimum atomic E-state index is 0.367. The van der Waals surface area contributed by atoms with Crippen LogP contribution in [0.25, 0.3) is 0 Å². The fraction of sp³-hybridized carbons (Fsp3) is 0.500. The lowest BCUT2D eigenvalue weighted by molar-refractivity contribution is -0.126. The number of hydrogen-bond acceptors (Lipinski definition) is 0. The van der Waals surface area contributed by atoms with Crippen molar-refractivity contribution >= 4 is 45.2 Å². The van der Waals surface area contributed by atoms with E-state index >= 15 is 0 Å². The van der Waals surface area contributed by atoms with Crippen LogP contribution in [0.2, 0.25) is 0 Å². The molecule has 0 radical (unpaired) electrons. The zero-order valence-electron chi connectivity index (χ0n) is 15.6. The molecule has 4 saturated carbocycles. The Morgan fingerprint density at radius 1 is 0.538 bits per heavy atom. The van der Waals surface area contributed by atoms with Crippen molar-refractivity contribution in [3.63, 3.8) is 0 Å². The van der Waals surface area contributed by atoms with Crippen molar-refractivity contribution < 1.29 is 0 Å². The Labute approximate surface area is 184 Å². The average Bonchev–Trinajstić information content (AvgIpc) is 2.52. The number of benzene rings is 2. The average molecular weight is 568 g/mol. The molecule has 0 aliphatic heterocycles. The van der Waals surface area contributed by atoms with Gasteiger partial charge in [-0.3, -0.25) is 0 Å². The lowest BCUT2D eigenvalue weighted by Gasteiger charge is -2.70. The van der Waals surface area contributed by atoms with Gasteiger partial charge in [-0.1, -0.05) is 38.1 Å². The van der Waals surface area contributed by atoms with Gasteiger partial charge in [-0.05, 0) is 141 Å². The van der Waals surface area contributed by atoms with E-state index in [-0.39, 0.29) is 0 Å². The first-order valence-corrected chi connectivity index (χ1v) is 11.9. The molecule has 0 saturated heterocycles. The highest BCUT2D eigenvalue weighted by Crippen LogP contribution is 2.74. The van der Waals surface area contributed by atoms with E-state index in [1.807, 2.05) is 0 Å². The Kier molecular flexibility index (Phi) is 3.95. The second-order valence-corrected chi connectivity index (χ2v) is 12.7. The molecule has 0 heterocycles. The minimum absolute atomic E-state index is 0.367. The molecule has 4 aliphatic rings. The zero-order valence-corrected chi connectivity index (χ0v) is 19.9. The van der Waals surface area contributed by atoms with E-state index in [9.17, 15) is 0 Å². The van der Waals surface area contributed by atoms with Gasteiger partial charge in [0, 0.05) is 7.14 Å². The topological polar surface area (TPSA) is 0 Å². The van der Waals surface area contributed by atoms with Crippen molar-refractivity contribution in [1.29, 1.82) is 0 Å². The van der Waals surface area contributed by atoms with Crippen LogP contribution in [0.1, 0.15) is 63.5 Å². The highest BCUT2D eigenvalue weighted by Gasteiger charge is 2.66. The smallest absolute Gasteiger partial charge is 0.0130 e. The van der Waals surface area contributed by atoms with Crippen LogP contribution in [0.15, 0.2) is 48.5 Å². The monoisotopic (exact) mass is 568 g/mol. The molecular formula is C24H26I2. The first kappa shape index (κ1) is 18.0. The standard InChI is InChI=1S/C24H26I2/c1-21-11-22(2)14-23(12-21,17-3-7-19(25)8-4-17)16-24(13-21,15-22)18-5-9-20(26)10-6-18/h3-10H,11-16H2,1-2H3. The van der Waals surface area contributed by atoms with E-state index in [0.29, 0.717) is 21.7 Å². The van der Waals surface area contributed by atoms with E-state index in [4.69, 9.17) is 0 Å². The number of hydrogen-bond donors (Lipinski definition) is 0. The molecule has 2 aromatic rings. The van der Waals surface area contributed by atoms with Gasteiger partial charge in [-0.2, -0.15) is 0 Å². The SMILES string of the molecule is CC12CC3(C)CC(c4ccc(I)cc4)(C1)CC(c1ccc(I)cc1)(C2)C3. The molecule has 4 fully saturated rings. The van der Waals surface area contributed by atoms with Gasteiger partial charge in [0.15, 0.2) is 0 Å². The van der Waals surface area contributed by atoms with E-state index in [2.05, 4.69) is 108 Å². The van der Waals surface area contributed by atoms with Crippen LogP contribution in [-0.4, -0.2) is 0 Å². The molecule has 4 aliphatic carbocycles. The second kappa shape index (κ2) is 5.71. The second-order valence-electron chi connectivity index (χ2n) is 10.3. The van der Waals surface area contributed by atoms with E-state index in [1.165, 1.54) is 45.7 Å². The third kappa shape index (κ3) is 2.72. The van der Waals surface area contributed by atoms with Crippen molar-refractivity contribution in [2.45, 2.75) is 63.2 Å². The third-order valence-electron chi connectivity index (χ3n) is 7.50. The summed E-state index contributed by atoms with van der Waals surface area (Å²) in [7, 11) is 0. The van der Waals surface area contributed by atoms with Gasteiger partial charge in [0.05, 0.1) is 0 Å². The maximum Gasteiger partial charge on any atom is 0.0130 e. The van der Waals surface area contributed by atoms with Crippen molar-refractivity contribution in [1.82, 2.24) is 0 Å². The van der Waals surface area contributed by atoms with E-state index in [1.54, 1.807) is 11.1 Å². The Bertz CT molecular complexity index is 763. The summed E-state index contributed by atoms with van der Waals surface area (Å²) in [6, 6.07) is 19.0. The molecule has 2 aromatic carbocycles.